The van der Waals surface area contributed by atoms with Gasteiger partial charge in [0.1, 0.15) is 5.75 Å². The van der Waals surface area contributed by atoms with Crippen LogP contribution in [-0.2, 0) is 16.1 Å². The van der Waals surface area contributed by atoms with Crippen LogP contribution < -0.4 is 20.7 Å². The zero-order valence-corrected chi connectivity index (χ0v) is 17.3. The molecule has 0 atom stereocenters. The Morgan fingerprint density at radius 2 is 1.81 bits per heavy atom. The molecule has 9 nitrogen and oxygen atoms in total. The average molecular weight is 426 g/mol. The number of ether oxygens (including phenoxy) is 2. The molecule has 4 amide bonds. The van der Waals surface area contributed by atoms with Gasteiger partial charge >= 0.3 is 6.03 Å². The van der Waals surface area contributed by atoms with Gasteiger partial charge in [0.2, 0.25) is 5.91 Å². The number of anilines is 1. The summed E-state index contributed by atoms with van der Waals surface area (Å²) in [6.45, 7) is 2.25. The molecular weight excluding hydrogens is 400 g/mol. The van der Waals surface area contributed by atoms with E-state index in [0.29, 0.717) is 49.8 Å². The molecule has 3 rings (SSSR count). The number of methoxy groups -OCH3 is 1. The van der Waals surface area contributed by atoms with E-state index in [2.05, 4.69) is 16.0 Å². The summed E-state index contributed by atoms with van der Waals surface area (Å²) in [6, 6.07) is 13.8. The van der Waals surface area contributed by atoms with E-state index in [-0.39, 0.29) is 12.5 Å². The fourth-order valence-electron chi connectivity index (χ4n) is 3.10. The second kappa shape index (κ2) is 11.0. The largest absolute Gasteiger partial charge is 0.495 e. The van der Waals surface area contributed by atoms with Gasteiger partial charge in [-0.15, -0.1) is 0 Å². The minimum absolute atomic E-state index is 0.112. The first-order chi connectivity index (χ1) is 15.1. The van der Waals surface area contributed by atoms with Gasteiger partial charge in [0.25, 0.3) is 5.91 Å². The number of benzene rings is 2. The molecule has 0 unspecified atom stereocenters. The third-order valence-corrected chi connectivity index (χ3v) is 4.73. The monoisotopic (exact) mass is 426 g/mol. The van der Waals surface area contributed by atoms with Gasteiger partial charge in [-0.2, -0.15) is 0 Å². The number of amides is 4. The molecule has 0 aromatic heterocycles. The SMILES string of the molecule is COc1ccc(C(=O)N2CCOCC2)cc1NCC(=O)NC(=O)NCc1ccccc1. The zero-order valence-electron chi connectivity index (χ0n) is 17.3. The van der Waals surface area contributed by atoms with Crippen LogP contribution in [0, 0.1) is 0 Å². The zero-order chi connectivity index (χ0) is 22.1. The Labute approximate surface area is 180 Å². The van der Waals surface area contributed by atoms with Gasteiger partial charge in [0.05, 0.1) is 32.6 Å². The molecule has 164 valence electrons. The Hall–Kier alpha value is -3.59. The summed E-state index contributed by atoms with van der Waals surface area (Å²) in [6.07, 6.45) is 0. The van der Waals surface area contributed by atoms with Gasteiger partial charge < -0.3 is 25.0 Å². The normalized spacial score (nSPS) is 13.3. The van der Waals surface area contributed by atoms with Crippen molar-refractivity contribution in [1.82, 2.24) is 15.5 Å². The maximum absolute atomic E-state index is 12.7. The highest BCUT2D eigenvalue weighted by Gasteiger charge is 2.20. The number of morpholine rings is 1. The molecular formula is C22H26N4O5. The van der Waals surface area contributed by atoms with E-state index in [1.54, 1.807) is 23.1 Å². The van der Waals surface area contributed by atoms with E-state index in [9.17, 15) is 14.4 Å². The fraction of sp³-hybridized carbons (Fsp3) is 0.318. The van der Waals surface area contributed by atoms with Crippen molar-refractivity contribution in [3.8, 4) is 5.75 Å². The van der Waals surface area contributed by atoms with Crippen molar-refractivity contribution in [3.05, 3.63) is 59.7 Å². The summed E-state index contributed by atoms with van der Waals surface area (Å²) in [7, 11) is 1.50. The number of nitrogens with one attached hydrogen (secondary N) is 3. The number of urea groups is 1. The van der Waals surface area contributed by atoms with Gasteiger partial charge in [-0.3, -0.25) is 14.9 Å². The van der Waals surface area contributed by atoms with Crippen LogP contribution in [-0.4, -0.2) is 62.7 Å². The average Bonchev–Trinajstić information content (AvgIpc) is 2.82. The Morgan fingerprint density at radius 1 is 1.06 bits per heavy atom. The predicted octanol–water partition coefficient (Wildman–Crippen LogP) is 1.61. The van der Waals surface area contributed by atoms with E-state index >= 15 is 0 Å². The lowest BCUT2D eigenvalue weighted by Gasteiger charge is -2.27. The molecule has 1 aliphatic rings. The lowest BCUT2D eigenvalue weighted by Crippen LogP contribution is -2.41. The van der Waals surface area contributed by atoms with Crippen LogP contribution in [0.25, 0.3) is 0 Å². The van der Waals surface area contributed by atoms with E-state index < -0.39 is 11.9 Å². The minimum Gasteiger partial charge on any atom is -0.495 e. The van der Waals surface area contributed by atoms with Crippen LogP contribution in [0.1, 0.15) is 15.9 Å². The van der Waals surface area contributed by atoms with Crippen LogP contribution in [0.5, 0.6) is 5.75 Å². The van der Waals surface area contributed by atoms with Crippen LogP contribution in [0.4, 0.5) is 10.5 Å². The Balaban J connectivity index is 1.53. The summed E-state index contributed by atoms with van der Waals surface area (Å²) < 4.78 is 10.6. The van der Waals surface area contributed by atoms with Gasteiger partial charge in [-0.05, 0) is 23.8 Å². The third kappa shape index (κ3) is 6.45. The van der Waals surface area contributed by atoms with Crippen LogP contribution in [0.15, 0.2) is 48.5 Å². The number of hydrogen-bond donors (Lipinski definition) is 3. The molecule has 31 heavy (non-hydrogen) atoms. The van der Waals surface area contributed by atoms with Crippen molar-refractivity contribution in [2.75, 3.05) is 45.3 Å². The van der Waals surface area contributed by atoms with E-state index in [1.165, 1.54) is 7.11 Å². The van der Waals surface area contributed by atoms with Crippen molar-refractivity contribution >= 4 is 23.5 Å². The first kappa shape index (κ1) is 22.1. The molecule has 0 bridgehead atoms. The van der Waals surface area contributed by atoms with Crippen molar-refractivity contribution in [2.24, 2.45) is 0 Å². The molecule has 0 spiro atoms. The maximum atomic E-state index is 12.7. The predicted molar refractivity (Wildman–Crippen MR) is 115 cm³/mol. The molecule has 1 heterocycles. The van der Waals surface area contributed by atoms with Crippen molar-refractivity contribution in [2.45, 2.75) is 6.54 Å². The highest BCUT2D eigenvalue weighted by Crippen LogP contribution is 2.26. The van der Waals surface area contributed by atoms with Crippen LogP contribution in [0.3, 0.4) is 0 Å². The highest BCUT2D eigenvalue weighted by atomic mass is 16.5. The van der Waals surface area contributed by atoms with Crippen LogP contribution >= 0.6 is 0 Å². The lowest BCUT2D eigenvalue weighted by molar-refractivity contribution is -0.118. The maximum Gasteiger partial charge on any atom is 0.321 e. The summed E-state index contributed by atoms with van der Waals surface area (Å²) in [5.41, 5.74) is 1.89. The fourth-order valence-corrected chi connectivity index (χ4v) is 3.10. The van der Waals surface area contributed by atoms with Crippen molar-refractivity contribution in [3.63, 3.8) is 0 Å². The first-order valence-electron chi connectivity index (χ1n) is 9.97. The summed E-state index contributed by atoms with van der Waals surface area (Å²) in [5.74, 6) is -0.142. The molecule has 0 aliphatic carbocycles. The second-order valence-corrected chi connectivity index (χ2v) is 6.89. The second-order valence-electron chi connectivity index (χ2n) is 6.89. The number of hydrogen-bond acceptors (Lipinski definition) is 6. The van der Waals surface area contributed by atoms with Gasteiger partial charge in [0, 0.05) is 25.2 Å². The van der Waals surface area contributed by atoms with Crippen molar-refractivity contribution in [1.29, 1.82) is 0 Å². The Bertz CT molecular complexity index is 913. The van der Waals surface area contributed by atoms with E-state index in [4.69, 9.17) is 9.47 Å². The third-order valence-electron chi connectivity index (χ3n) is 4.73. The van der Waals surface area contributed by atoms with Gasteiger partial charge in [-0.25, -0.2) is 4.79 Å². The van der Waals surface area contributed by atoms with Crippen LogP contribution in [0.2, 0.25) is 0 Å². The van der Waals surface area contributed by atoms with Gasteiger partial charge in [0.15, 0.2) is 0 Å². The topological polar surface area (TPSA) is 109 Å². The number of carbonyl (C=O) groups is 3. The standard InChI is InChI=1S/C22H26N4O5/c1-30-19-8-7-17(21(28)26-9-11-31-12-10-26)13-18(19)23-15-20(27)25-22(29)24-14-16-5-3-2-4-6-16/h2-8,13,23H,9-12,14-15H2,1H3,(H2,24,25,27,29). The summed E-state index contributed by atoms with van der Waals surface area (Å²) in [5, 5.41) is 7.82. The van der Waals surface area contributed by atoms with E-state index in [0.717, 1.165) is 5.56 Å². The molecule has 0 saturated carbocycles. The summed E-state index contributed by atoms with van der Waals surface area (Å²) >= 11 is 0. The molecule has 9 heteroatoms. The smallest absolute Gasteiger partial charge is 0.321 e. The molecule has 3 N–H and O–H groups in total. The summed E-state index contributed by atoms with van der Waals surface area (Å²) in [4.78, 5) is 38.5. The molecule has 1 saturated heterocycles. The number of rotatable bonds is 7. The quantitative estimate of drug-likeness (QED) is 0.621. The molecule has 0 radical (unpaired) electrons. The lowest BCUT2D eigenvalue weighted by atomic mass is 10.1. The Kier molecular flexibility index (Phi) is 7.83. The minimum atomic E-state index is -0.584. The highest BCUT2D eigenvalue weighted by molar-refractivity contribution is 5.97. The molecule has 2 aromatic rings. The first-order valence-corrected chi connectivity index (χ1v) is 9.97. The van der Waals surface area contributed by atoms with Gasteiger partial charge in [-0.1, -0.05) is 30.3 Å². The molecule has 2 aromatic carbocycles. The number of imide groups is 1. The molecule has 1 aliphatic heterocycles. The molecule has 1 fully saturated rings. The van der Waals surface area contributed by atoms with E-state index in [1.807, 2.05) is 30.3 Å². The number of carbonyl (C=O) groups excluding carboxylic acids is 3. The number of nitrogens with zero attached hydrogens (tertiary/aromatic N) is 1. The Morgan fingerprint density at radius 3 is 2.52 bits per heavy atom. The van der Waals surface area contributed by atoms with Crippen molar-refractivity contribution < 1.29 is 23.9 Å².